The molecule has 1 saturated heterocycles. The smallest absolute Gasteiger partial charge is 0.348 e. The SMILES string of the molecule is COC(=O)c1cc2cc(NC(=O)[C@@H]3CCCN(S(=O)(=O)c4c(C)cc(C)cc4C)C3)ccc2s1. The van der Waals surface area contributed by atoms with Crippen molar-refractivity contribution in [2.45, 2.75) is 38.5 Å². The zero-order valence-corrected chi connectivity index (χ0v) is 21.3. The lowest BCUT2D eigenvalue weighted by Gasteiger charge is -2.32. The second-order valence-corrected chi connectivity index (χ2v) is 11.7. The maximum absolute atomic E-state index is 13.5. The van der Waals surface area contributed by atoms with Crippen molar-refractivity contribution in [1.29, 1.82) is 0 Å². The van der Waals surface area contributed by atoms with Crippen molar-refractivity contribution in [1.82, 2.24) is 4.31 Å². The number of fused-ring (bicyclic) bond motifs is 1. The number of hydrogen-bond acceptors (Lipinski definition) is 6. The van der Waals surface area contributed by atoms with Crippen molar-refractivity contribution >= 4 is 49.0 Å². The van der Waals surface area contributed by atoms with E-state index in [0.717, 1.165) is 26.8 Å². The lowest BCUT2D eigenvalue weighted by molar-refractivity contribution is -0.120. The van der Waals surface area contributed by atoms with Gasteiger partial charge < -0.3 is 10.1 Å². The van der Waals surface area contributed by atoms with Crippen LogP contribution >= 0.6 is 11.3 Å². The predicted octanol–water partition coefficient (Wildman–Crippen LogP) is 4.65. The highest BCUT2D eigenvalue weighted by Gasteiger charge is 2.35. The summed E-state index contributed by atoms with van der Waals surface area (Å²) in [6, 6.07) is 10.9. The van der Waals surface area contributed by atoms with Gasteiger partial charge in [0.1, 0.15) is 4.88 Å². The molecule has 0 aliphatic carbocycles. The fourth-order valence-corrected chi connectivity index (χ4v) is 7.54. The Bertz CT molecular complexity index is 1350. The van der Waals surface area contributed by atoms with Gasteiger partial charge in [0, 0.05) is 23.5 Å². The second kappa shape index (κ2) is 9.48. The molecule has 9 heteroatoms. The predicted molar refractivity (Wildman–Crippen MR) is 134 cm³/mol. The molecule has 0 spiro atoms. The monoisotopic (exact) mass is 500 g/mol. The van der Waals surface area contributed by atoms with Gasteiger partial charge >= 0.3 is 5.97 Å². The number of nitrogens with one attached hydrogen (secondary N) is 1. The molecule has 0 radical (unpaired) electrons. The molecule has 4 rings (SSSR count). The Morgan fingerprint density at radius 2 is 1.79 bits per heavy atom. The highest BCUT2D eigenvalue weighted by molar-refractivity contribution is 7.89. The van der Waals surface area contributed by atoms with Gasteiger partial charge in [0.25, 0.3) is 0 Å². The molecule has 1 aliphatic heterocycles. The number of hydrogen-bond donors (Lipinski definition) is 1. The number of thiophene rings is 1. The summed E-state index contributed by atoms with van der Waals surface area (Å²) in [7, 11) is -2.36. The van der Waals surface area contributed by atoms with Gasteiger partial charge in [-0.15, -0.1) is 11.3 Å². The van der Waals surface area contributed by atoms with Gasteiger partial charge in [-0.2, -0.15) is 4.31 Å². The van der Waals surface area contributed by atoms with Crippen LogP contribution in [0.1, 0.15) is 39.2 Å². The van der Waals surface area contributed by atoms with Crippen LogP contribution in [0, 0.1) is 26.7 Å². The van der Waals surface area contributed by atoms with Crippen LogP contribution in [0.15, 0.2) is 41.3 Å². The van der Waals surface area contributed by atoms with Crippen molar-refractivity contribution in [3.8, 4) is 0 Å². The molecule has 0 saturated carbocycles. The van der Waals surface area contributed by atoms with E-state index in [4.69, 9.17) is 4.74 Å². The molecular weight excluding hydrogens is 472 g/mol. The van der Waals surface area contributed by atoms with E-state index in [1.807, 2.05) is 45.0 Å². The Hall–Kier alpha value is -2.75. The topological polar surface area (TPSA) is 92.8 Å². The Balaban J connectivity index is 1.51. The van der Waals surface area contributed by atoms with Crippen molar-refractivity contribution in [2.75, 3.05) is 25.5 Å². The first kappa shape index (κ1) is 24.4. The van der Waals surface area contributed by atoms with Gasteiger partial charge in [0.05, 0.1) is 17.9 Å². The van der Waals surface area contributed by atoms with E-state index in [9.17, 15) is 18.0 Å². The minimum absolute atomic E-state index is 0.147. The van der Waals surface area contributed by atoms with Crippen LogP contribution in [-0.4, -0.2) is 44.8 Å². The molecule has 1 fully saturated rings. The van der Waals surface area contributed by atoms with E-state index in [0.29, 0.717) is 34.8 Å². The van der Waals surface area contributed by atoms with E-state index >= 15 is 0 Å². The molecule has 1 aliphatic rings. The summed E-state index contributed by atoms with van der Waals surface area (Å²) in [5.41, 5.74) is 3.07. The molecule has 1 N–H and O–H groups in total. The number of ether oxygens (including phenoxy) is 1. The molecule has 1 amide bonds. The number of nitrogens with zero attached hydrogens (tertiary/aromatic N) is 1. The Morgan fingerprint density at radius 1 is 1.09 bits per heavy atom. The Morgan fingerprint density at radius 3 is 2.47 bits per heavy atom. The third-order valence-electron chi connectivity index (χ3n) is 6.13. The largest absolute Gasteiger partial charge is 0.465 e. The molecule has 180 valence electrons. The van der Waals surface area contributed by atoms with Gasteiger partial charge in [-0.25, -0.2) is 13.2 Å². The third-order valence-corrected chi connectivity index (χ3v) is 9.40. The van der Waals surface area contributed by atoms with E-state index in [1.165, 1.54) is 22.8 Å². The molecule has 1 aromatic heterocycles. The molecule has 0 bridgehead atoms. The molecule has 2 aromatic carbocycles. The lowest BCUT2D eigenvalue weighted by Crippen LogP contribution is -2.44. The average Bonchev–Trinajstić information content (AvgIpc) is 3.21. The fourth-order valence-electron chi connectivity index (χ4n) is 4.64. The summed E-state index contributed by atoms with van der Waals surface area (Å²) >= 11 is 1.33. The zero-order chi connectivity index (χ0) is 24.6. The van der Waals surface area contributed by atoms with E-state index < -0.39 is 21.9 Å². The standard InChI is InChI=1S/C25H28N2O5S2/c1-15-10-16(2)23(17(3)11-15)34(30,31)27-9-5-6-18(14-27)24(28)26-20-7-8-21-19(12-20)13-22(33-21)25(29)32-4/h7-8,10-13,18H,5-6,9,14H2,1-4H3,(H,26,28)/t18-/m1/s1. The number of amides is 1. The Labute approximate surface area is 203 Å². The van der Waals surface area contributed by atoms with Gasteiger partial charge in [-0.1, -0.05) is 17.7 Å². The van der Waals surface area contributed by atoms with E-state index in [-0.39, 0.29) is 12.5 Å². The van der Waals surface area contributed by atoms with Gasteiger partial charge in [-0.3, -0.25) is 4.79 Å². The quantitative estimate of drug-likeness (QED) is 0.515. The van der Waals surface area contributed by atoms with Crippen LogP contribution in [0.4, 0.5) is 5.69 Å². The van der Waals surface area contributed by atoms with Crippen molar-refractivity contribution in [2.24, 2.45) is 5.92 Å². The minimum atomic E-state index is -3.71. The maximum atomic E-state index is 13.5. The number of methoxy groups -OCH3 is 1. The number of anilines is 1. The number of esters is 1. The molecule has 7 nitrogen and oxygen atoms in total. The second-order valence-electron chi connectivity index (χ2n) is 8.77. The summed E-state index contributed by atoms with van der Waals surface area (Å²) < 4.78 is 34.0. The van der Waals surface area contributed by atoms with Crippen molar-refractivity contribution < 1.29 is 22.7 Å². The lowest BCUT2D eigenvalue weighted by atomic mass is 9.98. The summed E-state index contributed by atoms with van der Waals surface area (Å²) in [6.07, 6.45) is 1.24. The van der Waals surface area contributed by atoms with Crippen LogP contribution < -0.4 is 5.32 Å². The number of sulfonamides is 1. The molecule has 1 atom stereocenters. The summed E-state index contributed by atoms with van der Waals surface area (Å²) in [6.45, 7) is 6.12. The zero-order valence-electron chi connectivity index (χ0n) is 19.7. The molecule has 3 aromatic rings. The summed E-state index contributed by atoms with van der Waals surface area (Å²) in [5, 5.41) is 3.76. The highest BCUT2D eigenvalue weighted by atomic mass is 32.2. The minimum Gasteiger partial charge on any atom is -0.465 e. The first-order valence-corrected chi connectivity index (χ1v) is 13.4. The average molecular weight is 501 g/mol. The first-order valence-electron chi connectivity index (χ1n) is 11.1. The number of carbonyl (C=O) groups is 2. The van der Waals surface area contributed by atoms with Gasteiger partial charge in [0.15, 0.2) is 0 Å². The van der Waals surface area contributed by atoms with Crippen LogP contribution in [0.25, 0.3) is 10.1 Å². The van der Waals surface area contributed by atoms with Crippen molar-refractivity contribution in [3.63, 3.8) is 0 Å². The highest BCUT2D eigenvalue weighted by Crippen LogP contribution is 2.31. The number of rotatable bonds is 5. The Kier molecular flexibility index (Phi) is 6.80. The summed E-state index contributed by atoms with van der Waals surface area (Å²) in [4.78, 5) is 25.7. The van der Waals surface area contributed by atoms with E-state index in [2.05, 4.69) is 5.32 Å². The van der Waals surface area contributed by atoms with Gasteiger partial charge in [0.2, 0.25) is 15.9 Å². The third kappa shape index (κ3) is 4.73. The fraction of sp³-hybridized carbons (Fsp3) is 0.360. The summed E-state index contributed by atoms with van der Waals surface area (Å²) in [5.74, 6) is -1.05. The van der Waals surface area contributed by atoms with Crippen LogP contribution in [0.5, 0.6) is 0 Å². The number of aryl methyl sites for hydroxylation is 3. The number of carbonyl (C=O) groups excluding carboxylic acids is 2. The van der Waals surface area contributed by atoms with Crippen LogP contribution in [0.2, 0.25) is 0 Å². The molecule has 0 unspecified atom stereocenters. The van der Waals surface area contributed by atoms with E-state index in [1.54, 1.807) is 12.1 Å². The van der Waals surface area contributed by atoms with Gasteiger partial charge in [-0.05, 0) is 74.4 Å². The molecular formula is C25H28N2O5S2. The molecule has 34 heavy (non-hydrogen) atoms. The number of piperidine rings is 1. The normalized spacial score (nSPS) is 17.0. The number of benzene rings is 2. The van der Waals surface area contributed by atoms with Crippen LogP contribution in [0.3, 0.4) is 0 Å². The molecule has 2 heterocycles. The van der Waals surface area contributed by atoms with Crippen LogP contribution in [-0.2, 0) is 19.6 Å². The van der Waals surface area contributed by atoms with Crippen molar-refractivity contribution in [3.05, 3.63) is 58.0 Å². The maximum Gasteiger partial charge on any atom is 0.348 e. The first-order chi connectivity index (χ1) is 16.1.